The maximum Gasteiger partial charge on any atom is 0.164 e. The van der Waals surface area contributed by atoms with Crippen LogP contribution < -0.4 is 0 Å². The zero-order valence-corrected chi connectivity index (χ0v) is 27.6. The van der Waals surface area contributed by atoms with E-state index >= 15 is 0 Å². The summed E-state index contributed by atoms with van der Waals surface area (Å²) in [6.07, 6.45) is 0. The third kappa shape index (κ3) is 4.71. The molecule has 234 valence electrons. The van der Waals surface area contributed by atoms with E-state index in [1.54, 1.807) is 0 Å². The number of furan rings is 1. The van der Waals surface area contributed by atoms with E-state index in [2.05, 4.69) is 91.0 Å². The predicted molar refractivity (Wildman–Crippen MR) is 207 cm³/mol. The number of benzene rings is 7. The van der Waals surface area contributed by atoms with Crippen molar-refractivity contribution in [1.29, 1.82) is 0 Å². The molecule has 0 aliphatic rings. The van der Waals surface area contributed by atoms with Crippen molar-refractivity contribution in [3.8, 4) is 56.4 Å². The molecule has 0 aliphatic heterocycles. The molecule has 50 heavy (non-hydrogen) atoms. The van der Waals surface area contributed by atoms with Gasteiger partial charge in [0.2, 0.25) is 0 Å². The predicted octanol–water partition coefficient (Wildman–Crippen LogP) is 12.5. The van der Waals surface area contributed by atoms with Crippen LogP contribution in [0, 0.1) is 0 Å². The lowest BCUT2D eigenvalue weighted by molar-refractivity contribution is 0.669. The van der Waals surface area contributed by atoms with E-state index in [-0.39, 0.29) is 0 Å². The summed E-state index contributed by atoms with van der Waals surface area (Å²) >= 11 is 1.81. The van der Waals surface area contributed by atoms with Crippen LogP contribution in [0.1, 0.15) is 0 Å². The topological polar surface area (TPSA) is 51.8 Å². The van der Waals surface area contributed by atoms with Crippen molar-refractivity contribution in [3.63, 3.8) is 0 Å². The first-order chi connectivity index (χ1) is 24.8. The minimum atomic E-state index is 0.648. The van der Waals surface area contributed by atoms with E-state index in [1.807, 2.05) is 84.1 Å². The molecule has 0 atom stereocenters. The number of hydrogen-bond acceptors (Lipinski definition) is 5. The summed E-state index contributed by atoms with van der Waals surface area (Å²) in [5, 5.41) is 4.67. The third-order valence-corrected chi connectivity index (χ3v) is 10.5. The Hall–Kier alpha value is -6.43. The van der Waals surface area contributed by atoms with Crippen molar-refractivity contribution in [1.82, 2.24) is 15.0 Å². The fourth-order valence-corrected chi connectivity index (χ4v) is 8.19. The molecular weight excluding hydrogens is 631 g/mol. The highest BCUT2D eigenvalue weighted by Gasteiger charge is 2.19. The molecule has 5 heteroatoms. The number of fused-ring (bicyclic) bond motifs is 6. The Morgan fingerprint density at radius 3 is 1.60 bits per heavy atom. The molecule has 0 fully saturated rings. The van der Waals surface area contributed by atoms with E-state index in [1.165, 1.54) is 36.9 Å². The Labute approximate surface area is 292 Å². The van der Waals surface area contributed by atoms with Crippen molar-refractivity contribution in [2.45, 2.75) is 0 Å². The smallest absolute Gasteiger partial charge is 0.164 e. The Kier molecular flexibility index (Phi) is 6.64. The molecule has 0 saturated carbocycles. The monoisotopic (exact) mass is 657 g/mol. The van der Waals surface area contributed by atoms with Crippen LogP contribution in [0.25, 0.3) is 98.5 Å². The van der Waals surface area contributed by atoms with Crippen molar-refractivity contribution in [3.05, 3.63) is 164 Å². The second kappa shape index (κ2) is 11.6. The second-order valence-electron chi connectivity index (χ2n) is 12.4. The van der Waals surface area contributed by atoms with Gasteiger partial charge in [0.15, 0.2) is 17.5 Å². The Bertz CT molecular complexity index is 2820. The summed E-state index contributed by atoms with van der Waals surface area (Å²) in [7, 11) is 0. The summed E-state index contributed by atoms with van der Waals surface area (Å²) in [6, 6.07) is 56.8. The second-order valence-corrected chi connectivity index (χ2v) is 13.4. The van der Waals surface area contributed by atoms with Crippen molar-refractivity contribution in [2.75, 3.05) is 0 Å². The number of rotatable bonds is 5. The van der Waals surface area contributed by atoms with Gasteiger partial charge in [-0.1, -0.05) is 127 Å². The van der Waals surface area contributed by atoms with Crippen LogP contribution in [0.4, 0.5) is 0 Å². The van der Waals surface area contributed by atoms with Gasteiger partial charge in [0, 0.05) is 47.6 Å². The van der Waals surface area contributed by atoms with Gasteiger partial charge >= 0.3 is 0 Å². The largest absolute Gasteiger partial charge is 0.456 e. The van der Waals surface area contributed by atoms with Crippen molar-refractivity contribution in [2.24, 2.45) is 0 Å². The SMILES string of the molecule is c1ccc(-c2nc(-c3ccccc3)nc(-c3ccc4sc5cccc(-c6ccccc6-c6cccc7oc8ccccc8c67)c5c4c3)n2)cc1. The van der Waals surface area contributed by atoms with E-state index in [0.29, 0.717) is 17.5 Å². The summed E-state index contributed by atoms with van der Waals surface area (Å²) in [5.74, 6) is 1.95. The summed E-state index contributed by atoms with van der Waals surface area (Å²) < 4.78 is 8.75. The van der Waals surface area contributed by atoms with Gasteiger partial charge in [-0.25, -0.2) is 15.0 Å². The molecule has 0 aliphatic carbocycles. The average molecular weight is 658 g/mol. The molecule has 3 heterocycles. The van der Waals surface area contributed by atoms with E-state index in [4.69, 9.17) is 19.4 Å². The Balaban J connectivity index is 1.18. The maximum atomic E-state index is 6.29. The fourth-order valence-electron chi connectivity index (χ4n) is 7.08. The first-order valence-corrected chi connectivity index (χ1v) is 17.4. The Morgan fingerprint density at radius 1 is 0.360 bits per heavy atom. The number of para-hydroxylation sites is 1. The average Bonchev–Trinajstić information content (AvgIpc) is 3.77. The van der Waals surface area contributed by atoms with Gasteiger partial charge < -0.3 is 4.42 Å². The highest BCUT2D eigenvalue weighted by atomic mass is 32.1. The molecule has 3 aromatic heterocycles. The van der Waals surface area contributed by atoms with Crippen LogP contribution in [0.15, 0.2) is 168 Å². The molecule has 0 N–H and O–H groups in total. The number of thiophene rings is 1. The van der Waals surface area contributed by atoms with Crippen molar-refractivity contribution >= 4 is 53.4 Å². The molecule has 4 nitrogen and oxygen atoms in total. The molecule has 0 spiro atoms. The fraction of sp³-hybridized carbons (Fsp3) is 0. The van der Waals surface area contributed by atoms with Gasteiger partial charge in [-0.05, 0) is 58.7 Å². The van der Waals surface area contributed by atoms with E-state index in [9.17, 15) is 0 Å². The standard InChI is InChI=1S/C45H27N3OS/c1-3-13-28(14-4-1)43-46-44(29-15-5-2-6-16-29)48-45(47-43)30-25-26-39-36(27-30)42-34(21-12-24-40(42)50-39)32-18-8-7-17-31(32)33-20-11-23-38-41(33)35-19-9-10-22-37(35)49-38/h1-27H. The van der Waals surface area contributed by atoms with Gasteiger partial charge in [-0.3, -0.25) is 0 Å². The summed E-state index contributed by atoms with van der Waals surface area (Å²) in [6.45, 7) is 0. The number of nitrogens with zero attached hydrogens (tertiary/aromatic N) is 3. The van der Waals surface area contributed by atoms with E-state index in [0.717, 1.165) is 44.2 Å². The maximum absolute atomic E-state index is 6.29. The van der Waals surface area contributed by atoms with Crippen LogP contribution in [-0.2, 0) is 0 Å². The molecular formula is C45H27N3OS. The first kappa shape index (κ1) is 28.6. The van der Waals surface area contributed by atoms with Gasteiger partial charge in [-0.2, -0.15) is 0 Å². The van der Waals surface area contributed by atoms with E-state index < -0.39 is 0 Å². The third-order valence-electron chi connectivity index (χ3n) is 9.36. The lowest BCUT2D eigenvalue weighted by Gasteiger charge is -2.13. The summed E-state index contributed by atoms with van der Waals surface area (Å²) in [5.41, 5.74) is 9.35. The van der Waals surface area contributed by atoms with Crippen LogP contribution in [0.5, 0.6) is 0 Å². The molecule has 0 unspecified atom stereocenters. The molecule has 10 rings (SSSR count). The molecule has 0 bridgehead atoms. The number of hydrogen-bond donors (Lipinski definition) is 0. The first-order valence-electron chi connectivity index (χ1n) is 16.6. The van der Waals surface area contributed by atoms with Gasteiger partial charge in [0.25, 0.3) is 0 Å². The number of aromatic nitrogens is 3. The van der Waals surface area contributed by atoms with Crippen molar-refractivity contribution < 1.29 is 4.42 Å². The van der Waals surface area contributed by atoms with Gasteiger partial charge in [0.05, 0.1) is 0 Å². The molecule has 0 saturated heterocycles. The lowest BCUT2D eigenvalue weighted by Crippen LogP contribution is -2.00. The minimum absolute atomic E-state index is 0.648. The molecule has 0 amide bonds. The minimum Gasteiger partial charge on any atom is -0.456 e. The van der Waals surface area contributed by atoms with Crippen LogP contribution in [0.3, 0.4) is 0 Å². The summed E-state index contributed by atoms with van der Waals surface area (Å²) in [4.78, 5) is 15.0. The molecule has 10 aromatic rings. The van der Waals surface area contributed by atoms with Crippen LogP contribution >= 0.6 is 11.3 Å². The lowest BCUT2D eigenvalue weighted by atomic mass is 9.90. The van der Waals surface area contributed by atoms with Crippen LogP contribution in [-0.4, -0.2) is 15.0 Å². The molecule has 0 radical (unpaired) electrons. The van der Waals surface area contributed by atoms with Gasteiger partial charge in [0.1, 0.15) is 11.2 Å². The van der Waals surface area contributed by atoms with Crippen LogP contribution in [0.2, 0.25) is 0 Å². The zero-order chi connectivity index (χ0) is 33.0. The quantitative estimate of drug-likeness (QED) is 0.185. The highest BCUT2D eigenvalue weighted by Crippen LogP contribution is 2.45. The Morgan fingerprint density at radius 2 is 0.900 bits per heavy atom. The highest BCUT2D eigenvalue weighted by molar-refractivity contribution is 7.26. The zero-order valence-electron chi connectivity index (χ0n) is 26.7. The van der Waals surface area contributed by atoms with Gasteiger partial charge in [-0.15, -0.1) is 11.3 Å². The normalized spacial score (nSPS) is 11.6. The molecule has 7 aromatic carbocycles.